The van der Waals surface area contributed by atoms with E-state index in [4.69, 9.17) is 16.6 Å². The SMILES string of the molecule is CC(NC(=O)c1cc(-c2ccc(Cl)cc2)nc2ccccc12)C12CC3CC(CC(C3)C1)C2. The van der Waals surface area contributed by atoms with Gasteiger partial charge in [-0.3, -0.25) is 4.79 Å². The van der Waals surface area contributed by atoms with Crippen LogP contribution in [0.25, 0.3) is 22.2 Å². The molecule has 164 valence electrons. The minimum Gasteiger partial charge on any atom is -0.349 e. The summed E-state index contributed by atoms with van der Waals surface area (Å²) in [5.41, 5.74) is 3.59. The van der Waals surface area contributed by atoms with Crippen molar-refractivity contribution in [2.75, 3.05) is 0 Å². The maximum Gasteiger partial charge on any atom is 0.252 e. The molecule has 0 spiro atoms. The second-order valence-electron chi connectivity index (χ2n) is 10.6. The van der Waals surface area contributed by atoms with Crippen LogP contribution in [-0.2, 0) is 0 Å². The topological polar surface area (TPSA) is 42.0 Å². The van der Waals surface area contributed by atoms with Crippen LogP contribution < -0.4 is 5.32 Å². The van der Waals surface area contributed by atoms with Crippen LogP contribution in [0.4, 0.5) is 0 Å². The normalized spacial score (nSPS) is 29.2. The minimum atomic E-state index is 0.0158. The number of carbonyl (C=O) groups is 1. The zero-order valence-electron chi connectivity index (χ0n) is 18.5. The third kappa shape index (κ3) is 3.42. The van der Waals surface area contributed by atoms with E-state index in [2.05, 4.69) is 12.2 Å². The van der Waals surface area contributed by atoms with E-state index in [1.165, 1.54) is 38.5 Å². The molecule has 4 aliphatic rings. The molecule has 1 amide bonds. The average Bonchev–Trinajstić information content (AvgIpc) is 2.78. The van der Waals surface area contributed by atoms with Gasteiger partial charge in [-0.05, 0) is 92.9 Å². The fourth-order valence-electron chi connectivity index (χ4n) is 7.27. The quantitative estimate of drug-likeness (QED) is 0.476. The molecule has 0 radical (unpaired) electrons. The van der Waals surface area contributed by atoms with Crippen LogP contribution in [0.5, 0.6) is 0 Å². The van der Waals surface area contributed by atoms with Gasteiger partial charge in [0.1, 0.15) is 0 Å². The summed E-state index contributed by atoms with van der Waals surface area (Å²) in [6.45, 7) is 2.24. The molecule has 4 fully saturated rings. The number of fused-ring (bicyclic) bond motifs is 1. The fourth-order valence-corrected chi connectivity index (χ4v) is 7.39. The Morgan fingerprint density at radius 3 is 2.28 bits per heavy atom. The molecule has 1 unspecified atom stereocenters. The monoisotopic (exact) mass is 444 g/mol. The summed E-state index contributed by atoms with van der Waals surface area (Å²) in [6, 6.07) is 17.7. The molecule has 3 aromatic rings. The van der Waals surface area contributed by atoms with Gasteiger partial charge in [0, 0.05) is 22.0 Å². The predicted octanol–water partition coefficient (Wildman–Crippen LogP) is 6.89. The lowest BCUT2D eigenvalue weighted by Gasteiger charge is -2.59. The summed E-state index contributed by atoms with van der Waals surface area (Å²) < 4.78 is 0. The van der Waals surface area contributed by atoms with Gasteiger partial charge in [-0.15, -0.1) is 0 Å². The zero-order valence-corrected chi connectivity index (χ0v) is 19.2. The highest BCUT2D eigenvalue weighted by Gasteiger charge is 2.53. The van der Waals surface area contributed by atoms with E-state index >= 15 is 0 Å². The van der Waals surface area contributed by atoms with Crippen molar-refractivity contribution >= 4 is 28.4 Å². The van der Waals surface area contributed by atoms with Gasteiger partial charge < -0.3 is 5.32 Å². The van der Waals surface area contributed by atoms with Gasteiger partial charge in [0.15, 0.2) is 0 Å². The van der Waals surface area contributed by atoms with Crippen LogP contribution in [0.3, 0.4) is 0 Å². The highest BCUT2D eigenvalue weighted by atomic mass is 35.5. The number of pyridine rings is 1. The molecule has 0 saturated heterocycles. The summed E-state index contributed by atoms with van der Waals surface area (Å²) in [7, 11) is 0. The van der Waals surface area contributed by atoms with Crippen molar-refractivity contribution in [2.45, 2.75) is 51.5 Å². The highest BCUT2D eigenvalue weighted by Crippen LogP contribution is 2.61. The smallest absolute Gasteiger partial charge is 0.252 e. The summed E-state index contributed by atoms with van der Waals surface area (Å²) >= 11 is 6.08. The highest BCUT2D eigenvalue weighted by molar-refractivity contribution is 6.30. The number of nitrogens with zero attached hydrogens (tertiary/aromatic N) is 1. The lowest BCUT2D eigenvalue weighted by molar-refractivity contribution is -0.0687. The molecule has 2 aromatic carbocycles. The Bertz CT molecular complexity index is 1150. The predicted molar refractivity (Wildman–Crippen MR) is 130 cm³/mol. The Morgan fingerprint density at radius 1 is 1.00 bits per heavy atom. The first-order chi connectivity index (χ1) is 15.5. The van der Waals surface area contributed by atoms with Crippen LogP contribution >= 0.6 is 11.6 Å². The van der Waals surface area contributed by atoms with Crippen molar-refractivity contribution in [3.8, 4) is 11.3 Å². The Hall–Kier alpha value is -2.39. The lowest BCUT2D eigenvalue weighted by Crippen LogP contribution is -2.55. The molecule has 4 heteroatoms. The van der Waals surface area contributed by atoms with E-state index in [9.17, 15) is 4.79 Å². The lowest BCUT2D eigenvalue weighted by atomic mass is 9.48. The van der Waals surface area contributed by atoms with Gasteiger partial charge in [-0.1, -0.05) is 41.9 Å². The zero-order chi connectivity index (χ0) is 21.9. The molecule has 4 bridgehead atoms. The van der Waals surface area contributed by atoms with Gasteiger partial charge >= 0.3 is 0 Å². The van der Waals surface area contributed by atoms with E-state index in [0.29, 0.717) is 10.6 Å². The number of amides is 1. The van der Waals surface area contributed by atoms with Crippen LogP contribution in [0.15, 0.2) is 54.6 Å². The van der Waals surface area contributed by atoms with Crippen LogP contribution in [0, 0.1) is 23.2 Å². The van der Waals surface area contributed by atoms with E-state index in [0.717, 1.165) is 39.9 Å². The van der Waals surface area contributed by atoms with E-state index in [-0.39, 0.29) is 17.4 Å². The summed E-state index contributed by atoms with van der Waals surface area (Å²) in [5.74, 6) is 2.64. The number of para-hydroxylation sites is 1. The number of hydrogen-bond donors (Lipinski definition) is 1. The first-order valence-electron chi connectivity index (χ1n) is 12.0. The van der Waals surface area contributed by atoms with Crippen molar-refractivity contribution < 1.29 is 4.79 Å². The number of halogens is 1. The van der Waals surface area contributed by atoms with Gasteiger partial charge in [0.25, 0.3) is 5.91 Å². The number of hydrogen-bond acceptors (Lipinski definition) is 2. The van der Waals surface area contributed by atoms with Crippen molar-refractivity contribution in [1.29, 1.82) is 0 Å². The average molecular weight is 445 g/mol. The Kier molecular flexibility index (Phi) is 4.80. The van der Waals surface area contributed by atoms with Gasteiger partial charge in [0.2, 0.25) is 0 Å². The van der Waals surface area contributed by atoms with Gasteiger partial charge in [0.05, 0.1) is 16.8 Å². The van der Waals surface area contributed by atoms with Crippen LogP contribution in [0.1, 0.15) is 55.8 Å². The Labute approximate surface area is 194 Å². The van der Waals surface area contributed by atoms with E-state index in [1.807, 2.05) is 54.6 Å². The summed E-state index contributed by atoms with van der Waals surface area (Å²) in [6.07, 6.45) is 8.10. The first kappa shape index (κ1) is 20.2. The largest absolute Gasteiger partial charge is 0.349 e. The summed E-state index contributed by atoms with van der Waals surface area (Å²) in [4.78, 5) is 18.5. The van der Waals surface area contributed by atoms with Crippen molar-refractivity contribution in [3.05, 3.63) is 65.2 Å². The molecule has 3 nitrogen and oxygen atoms in total. The van der Waals surface area contributed by atoms with Crippen LogP contribution in [0.2, 0.25) is 5.02 Å². The number of rotatable bonds is 4. The second kappa shape index (κ2) is 7.59. The molecule has 0 aliphatic heterocycles. The number of nitrogens with one attached hydrogen (secondary N) is 1. The molecular formula is C28H29ClN2O. The van der Waals surface area contributed by atoms with E-state index < -0.39 is 0 Å². The van der Waals surface area contributed by atoms with Crippen molar-refractivity contribution in [3.63, 3.8) is 0 Å². The number of benzene rings is 2. The minimum absolute atomic E-state index is 0.0158. The fraction of sp³-hybridized carbons (Fsp3) is 0.429. The standard InChI is InChI=1S/C28H29ClN2O/c1-17(28-14-18-10-19(15-28)12-20(11-18)16-28)30-27(32)24-13-26(21-6-8-22(29)9-7-21)31-25-5-3-2-4-23(24)25/h2-9,13,17-20H,10-12,14-16H2,1H3,(H,30,32). The van der Waals surface area contributed by atoms with Gasteiger partial charge in [-0.25, -0.2) is 4.98 Å². The van der Waals surface area contributed by atoms with Crippen molar-refractivity contribution in [2.24, 2.45) is 23.2 Å². The molecule has 1 N–H and O–H groups in total. The molecule has 1 atom stereocenters. The molecule has 32 heavy (non-hydrogen) atoms. The number of carbonyl (C=O) groups excluding carboxylic acids is 1. The first-order valence-corrected chi connectivity index (χ1v) is 12.3. The third-order valence-electron chi connectivity index (χ3n) is 8.45. The third-order valence-corrected chi connectivity index (χ3v) is 8.70. The Balaban J connectivity index is 1.33. The van der Waals surface area contributed by atoms with Crippen molar-refractivity contribution in [1.82, 2.24) is 10.3 Å². The molecule has 1 heterocycles. The van der Waals surface area contributed by atoms with Crippen LogP contribution in [-0.4, -0.2) is 16.9 Å². The van der Waals surface area contributed by atoms with Gasteiger partial charge in [-0.2, -0.15) is 0 Å². The number of aromatic nitrogens is 1. The molecule has 4 aliphatic carbocycles. The molecule has 1 aromatic heterocycles. The maximum absolute atomic E-state index is 13.6. The van der Waals surface area contributed by atoms with E-state index in [1.54, 1.807) is 0 Å². The summed E-state index contributed by atoms with van der Waals surface area (Å²) in [5, 5.41) is 5.04. The maximum atomic E-state index is 13.6. The second-order valence-corrected chi connectivity index (χ2v) is 11.0. The molecule has 4 saturated carbocycles. The molecular weight excluding hydrogens is 416 g/mol. The Morgan fingerprint density at radius 2 is 1.62 bits per heavy atom. The molecule has 7 rings (SSSR count).